The molecule has 0 aliphatic carbocycles. The summed E-state index contributed by atoms with van der Waals surface area (Å²) < 4.78 is 5.77. The number of ether oxygens (including phenoxy) is 1. The molecule has 28 heavy (non-hydrogen) atoms. The van der Waals surface area contributed by atoms with Crippen LogP contribution in [0.15, 0.2) is 78.9 Å². The Morgan fingerprint density at radius 3 is 2.36 bits per heavy atom. The quantitative estimate of drug-likeness (QED) is 0.480. The summed E-state index contributed by atoms with van der Waals surface area (Å²) in [5, 5.41) is 10.8. The van der Waals surface area contributed by atoms with Crippen LogP contribution < -0.4 is 4.74 Å². The van der Waals surface area contributed by atoms with Gasteiger partial charge in [-0.3, -0.25) is 4.79 Å². The normalized spacial score (nSPS) is 11.1. The molecule has 0 spiro atoms. The summed E-state index contributed by atoms with van der Waals surface area (Å²) in [6.45, 7) is 4.44. The molecule has 3 nitrogen and oxygen atoms in total. The molecule has 3 aromatic carbocycles. The monoisotopic (exact) mass is 396 g/mol. The van der Waals surface area contributed by atoms with Crippen LogP contribution in [0.1, 0.15) is 47.9 Å². The number of hydrogen-bond donors (Lipinski definition) is 1. The summed E-state index contributed by atoms with van der Waals surface area (Å²) in [4.78, 5) is 12.4. The predicted molar refractivity (Wildman–Crippen MR) is 114 cm³/mol. The maximum absolute atomic E-state index is 12.4. The van der Waals surface area contributed by atoms with Crippen LogP contribution >= 0.6 is 11.6 Å². The van der Waals surface area contributed by atoms with Crippen LogP contribution in [0.4, 0.5) is 0 Å². The molecule has 4 heteroatoms. The topological polar surface area (TPSA) is 46.5 Å². The number of rotatable bonds is 7. The Morgan fingerprint density at radius 2 is 1.64 bits per heavy atom. The highest BCUT2D eigenvalue weighted by molar-refractivity contribution is 6.33. The van der Waals surface area contributed by atoms with Crippen molar-refractivity contribution in [1.29, 1.82) is 0 Å². The van der Waals surface area contributed by atoms with Crippen LogP contribution in [0.25, 0.3) is 0 Å². The number of halogens is 1. The van der Waals surface area contributed by atoms with Gasteiger partial charge in [-0.15, -0.1) is 0 Å². The fourth-order valence-electron chi connectivity index (χ4n) is 2.64. The van der Waals surface area contributed by atoms with E-state index in [2.05, 4.69) is 0 Å². The van der Waals surface area contributed by atoms with Gasteiger partial charge in [-0.05, 0) is 35.4 Å². The van der Waals surface area contributed by atoms with E-state index in [9.17, 15) is 9.90 Å². The molecule has 0 saturated carbocycles. The average molecular weight is 397 g/mol. The molecule has 3 aromatic rings. The Bertz CT molecular complexity index is 878. The van der Waals surface area contributed by atoms with E-state index in [0.717, 1.165) is 5.56 Å². The van der Waals surface area contributed by atoms with Gasteiger partial charge < -0.3 is 9.84 Å². The molecule has 0 bridgehead atoms. The van der Waals surface area contributed by atoms with Crippen LogP contribution in [0.2, 0.25) is 5.02 Å². The molecule has 0 aliphatic rings. The summed E-state index contributed by atoms with van der Waals surface area (Å²) in [5.74, 6) is 0.453. The molecule has 1 unspecified atom stereocenters. The van der Waals surface area contributed by atoms with Crippen molar-refractivity contribution in [2.45, 2.75) is 33.0 Å². The summed E-state index contributed by atoms with van der Waals surface area (Å²) in [7, 11) is 0. The summed E-state index contributed by atoms with van der Waals surface area (Å²) in [6, 6.07) is 23.9. The van der Waals surface area contributed by atoms with Gasteiger partial charge in [-0.2, -0.15) is 0 Å². The molecule has 1 N–H and O–H groups in total. The number of carbonyl (C=O) groups excluding carboxylic acids is 1. The Balaban J connectivity index is 0.00000136. The van der Waals surface area contributed by atoms with E-state index in [0.29, 0.717) is 28.5 Å². The molecule has 0 radical (unpaired) electrons. The smallest absolute Gasteiger partial charge is 0.167 e. The molecular formula is C24H25ClO3. The van der Waals surface area contributed by atoms with Crippen molar-refractivity contribution >= 4 is 17.4 Å². The molecule has 3 rings (SSSR count). The third-order valence-corrected chi connectivity index (χ3v) is 4.37. The van der Waals surface area contributed by atoms with Crippen LogP contribution in [0.3, 0.4) is 0 Å². The van der Waals surface area contributed by atoms with Gasteiger partial charge in [0.25, 0.3) is 0 Å². The second kappa shape index (κ2) is 11.3. The van der Waals surface area contributed by atoms with Gasteiger partial charge in [0.15, 0.2) is 5.78 Å². The van der Waals surface area contributed by atoms with Crippen LogP contribution in [0, 0.1) is 0 Å². The van der Waals surface area contributed by atoms with Crippen molar-refractivity contribution in [1.82, 2.24) is 0 Å². The largest absolute Gasteiger partial charge is 0.489 e. The summed E-state index contributed by atoms with van der Waals surface area (Å²) >= 11 is 6.05. The first-order valence-electron chi connectivity index (χ1n) is 9.36. The number of aliphatic hydroxyl groups is 1. The molecule has 0 amide bonds. The Hall–Kier alpha value is -2.62. The van der Waals surface area contributed by atoms with Gasteiger partial charge >= 0.3 is 0 Å². The second-order valence-corrected chi connectivity index (χ2v) is 6.38. The standard InChI is InChI=1S/C22H19ClO3.C2H6/c23-20-12-5-4-11-19(20)22(25)14-21(24)17-9-6-10-18(13-17)26-15-16-7-2-1-3-8-16;1-2/h1-13,21,24H,14-15H2;1-2H3. The van der Waals surface area contributed by atoms with E-state index < -0.39 is 6.10 Å². The second-order valence-electron chi connectivity index (χ2n) is 5.97. The molecule has 0 aliphatic heterocycles. The first-order chi connectivity index (χ1) is 13.6. The number of aliphatic hydroxyl groups excluding tert-OH is 1. The van der Waals surface area contributed by atoms with E-state index in [1.165, 1.54) is 0 Å². The van der Waals surface area contributed by atoms with Crippen LogP contribution in [-0.4, -0.2) is 10.9 Å². The number of ketones is 1. The number of hydrogen-bond acceptors (Lipinski definition) is 3. The number of benzene rings is 3. The van der Waals surface area contributed by atoms with Gasteiger partial charge in [0.1, 0.15) is 12.4 Å². The third-order valence-electron chi connectivity index (χ3n) is 4.04. The first kappa shape index (κ1) is 21.7. The fraction of sp³-hybridized carbons (Fsp3) is 0.208. The van der Waals surface area contributed by atoms with Crippen molar-refractivity contribution in [2.75, 3.05) is 0 Å². The summed E-state index contributed by atoms with van der Waals surface area (Å²) in [6.07, 6.45) is -0.953. The zero-order valence-electron chi connectivity index (χ0n) is 16.1. The maximum Gasteiger partial charge on any atom is 0.167 e. The molecular weight excluding hydrogens is 372 g/mol. The molecule has 0 saturated heterocycles. The lowest BCUT2D eigenvalue weighted by Gasteiger charge is -2.13. The minimum absolute atomic E-state index is 0.0358. The molecule has 0 aromatic heterocycles. The van der Waals surface area contributed by atoms with Gasteiger partial charge in [0, 0.05) is 12.0 Å². The van der Waals surface area contributed by atoms with E-state index >= 15 is 0 Å². The highest BCUT2D eigenvalue weighted by atomic mass is 35.5. The van der Waals surface area contributed by atoms with Crippen molar-refractivity contribution in [3.8, 4) is 5.75 Å². The molecule has 1 atom stereocenters. The third kappa shape index (κ3) is 6.22. The predicted octanol–water partition coefficient (Wildman–Crippen LogP) is 6.25. The molecule has 0 fully saturated rings. The number of carbonyl (C=O) groups is 1. The Labute approximate surface area is 171 Å². The zero-order chi connectivity index (χ0) is 20.4. The lowest BCUT2D eigenvalue weighted by Crippen LogP contribution is -2.08. The SMILES string of the molecule is CC.O=C(CC(O)c1cccc(OCc2ccccc2)c1)c1ccccc1Cl. The van der Waals surface area contributed by atoms with Gasteiger partial charge in [0.05, 0.1) is 11.1 Å². The van der Waals surface area contributed by atoms with Crippen molar-refractivity contribution in [3.05, 3.63) is 101 Å². The van der Waals surface area contributed by atoms with Crippen molar-refractivity contribution in [2.24, 2.45) is 0 Å². The van der Waals surface area contributed by atoms with E-state index in [4.69, 9.17) is 16.3 Å². The van der Waals surface area contributed by atoms with Crippen molar-refractivity contribution in [3.63, 3.8) is 0 Å². The number of Topliss-reactive ketones (excluding diaryl/α,β-unsaturated/α-hetero) is 1. The van der Waals surface area contributed by atoms with Gasteiger partial charge in [0.2, 0.25) is 0 Å². The zero-order valence-corrected chi connectivity index (χ0v) is 16.9. The van der Waals surface area contributed by atoms with E-state index in [-0.39, 0.29) is 12.2 Å². The van der Waals surface area contributed by atoms with Crippen LogP contribution in [-0.2, 0) is 6.61 Å². The molecule has 0 heterocycles. The fourth-order valence-corrected chi connectivity index (χ4v) is 2.88. The van der Waals surface area contributed by atoms with E-state index in [1.54, 1.807) is 42.5 Å². The average Bonchev–Trinajstić information content (AvgIpc) is 2.75. The first-order valence-corrected chi connectivity index (χ1v) is 9.74. The Morgan fingerprint density at radius 1 is 0.964 bits per heavy atom. The van der Waals surface area contributed by atoms with E-state index in [1.807, 2.05) is 50.2 Å². The lowest BCUT2D eigenvalue weighted by atomic mass is 10.00. The molecule has 146 valence electrons. The maximum atomic E-state index is 12.4. The highest BCUT2D eigenvalue weighted by Gasteiger charge is 2.17. The minimum Gasteiger partial charge on any atom is -0.489 e. The lowest BCUT2D eigenvalue weighted by molar-refractivity contribution is 0.0880. The van der Waals surface area contributed by atoms with Crippen LogP contribution in [0.5, 0.6) is 5.75 Å². The minimum atomic E-state index is -0.918. The van der Waals surface area contributed by atoms with Gasteiger partial charge in [-0.25, -0.2) is 0 Å². The summed E-state index contributed by atoms with van der Waals surface area (Å²) in [5.41, 5.74) is 2.12. The van der Waals surface area contributed by atoms with Gasteiger partial charge in [-0.1, -0.05) is 80.0 Å². The Kier molecular flexibility index (Phi) is 8.73. The van der Waals surface area contributed by atoms with Crippen molar-refractivity contribution < 1.29 is 14.6 Å². The highest BCUT2D eigenvalue weighted by Crippen LogP contribution is 2.25.